The number of amides is 8. The predicted molar refractivity (Wildman–Crippen MR) is 286 cm³/mol. The summed E-state index contributed by atoms with van der Waals surface area (Å²) in [5.41, 5.74) is 15.9. The standard InChI is InChI=1S/C54H72N12O9/c1-5-23-65(24-6-2)53(73)40-27-38-16-17-39(28-44(38)62-45(56)29-40)50(70)61-42-26-37(30-58-32-42)31-59-54(74)75-33-36-14-18-41(19-15-36)60-51(71)43(12-9-10-22-57-34-55)63-52(72)49(35(3)4)64-46(67)13-8-7-11-25-66-47(68)20-21-48(66)69/h14-21,26-28,30,32,35,43,49,57H,5-13,22-25,29,31,33-34,55H2,1-4H3,(H2,56,62)(H,59,74)(H,60,71)(H,61,70)(H,63,72)(H,64,67)/t43-,49-/m0/s1. The topological polar surface area (TPSA) is 302 Å². The normalized spacial score (nSPS) is 13.7. The second-order valence-electron chi connectivity index (χ2n) is 18.7. The van der Waals surface area contributed by atoms with Crippen molar-refractivity contribution < 1.29 is 43.1 Å². The van der Waals surface area contributed by atoms with Gasteiger partial charge in [-0.2, -0.15) is 0 Å². The van der Waals surface area contributed by atoms with Gasteiger partial charge in [0.05, 0.1) is 17.6 Å². The number of carbonyl (C=O) groups is 8. The van der Waals surface area contributed by atoms with Gasteiger partial charge in [0.25, 0.3) is 17.7 Å². The zero-order valence-electron chi connectivity index (χ0n) is 43.4. The van der Waals surface area contributed by atoms with Crippen molar-refractivity contribution in [2.75, 3.05) is 43.5 Å². The smallest absolute Gasteiger partial charge is 0.407 e. The molecule has 2 aromatic carbocycles. The van der Waals surface area contributed by atoms with Crippen molar-refractivity contribution >= 4 is 76.4 Å². The van der Waals surface area contributed by atoms with Crippen LogP contribution in [0, 0.1) is 5.92 Å². The van der Waals surface area contributed by atoms with Gasteiger partial charge in [0.2, 0.25) is 23.6 Å². The lowest BCUT2D eigenvalue weighted by molar-refractivity contribution is -0.137. The molecule has 0 saturated carbocycles. The molecule has 5 rings (SSSR count). The molecule has 0 unspecified atom stereocenters. The van der Waals surface area contributed by atoms with E-state index < -0.39 is 35.9 Å². The van der Waals surface area contributed by atoms with E-state index >= 15 is 0 Å². The molecule has 0 radical (unpaired) electrons. The Morgan fingerprint density at radius 1 is 0.813 bits per heavy atom. The number of benzene rings is 2. The zero-order valence-corrected chi connectivity index (χ0v) is 43.4. The summed E-state index contributed by atoms with van der Waals surface area (Å²) >= 11 is 0. The van der Waals surface area contributed by atoms with E-state index in [4.69, 9.17) is 16.2 Å². The van der Waals surface area contributed by atoms with Crippen LogP contribution in [-0.4, -0.2) is 113 Å². The number of carbonyl (C=O) groups excluding carboxylic acids is 8. The number of fused-ring (bicyclic) bond motifs is 1. The molecule has 0 fully saturated rings. The van der Waals surface area contributed by atoms with Crippen molar-refractivity contribution in [3.05, 3.63) is 101 Å². The number of aliphatic imine (C=N–C) groups is 1. The van der Waals surface area contributed by atoms with E-state index in [-0.39, 0.29) is 67.9 Å². The third kappa shape index (κ3) is 18.6. The molecule has 2 aliphatic heterocycles. The van der Waals surface area contributed by atoms with Crippen LogP contribution in [0.5, 0.6) is 0 Å². The SMILES string of the molecule is CCCN(CCC)C(=O)C1=Cc2ccc(C(=O)Nc3cncc(CNC(=O)OCc4ccc(NC(=O)[C@H](CCCCNCN)NC(=O)[C@@H](NC(=O)CCCCCN5C(=O)C=CC5=O)C(C)C)cc4)c3)cc2N=C(N)C1. The summed E-state index contributed by atoms with van der Waals surface area (Å²) < 4.78 is 5.43. The quantitative estimate of drug-likeness (QED) is 0.0261. The van der Waals surface area contributed by atoms with Gasteiger partial charge in [0.1, 0.15) is 24.5 Å². The van der Waals surface area contributed by atoms with E-state index in [1.807, 2.05) is 18.7 Å². The highest BCUT2D eigenvalue weighted by Gasteiger charge is 2.29. The largest absolute Gasteiger partial charge is 0.445 e. The van der Waals surface area contributed by atoms with Crippen LogP contribution in [-0.2, 0) is 46.7 Å². The number of nitrogens with zero attached hydrogens (tertiary/aromatic N) is 4. The minimum absolute atomic E-state index is 0.0489. The van der Waals surface area contributed by atoms with E-state index in [9.17, 15) is 38.4 Å². The van der Waals surface area contributed by atoms with Gasteiger partial charge in [-0.25, -0.2) is 9.79 Å². The third-order valence-corrected chi connectivity index (χ3v) is 12.2. The fourth-order valence-corrected chi connectivity index (χ4v) is 8.27. The molecule has 0 spiro atoms. The Bertz CT molecular complexity index is 2570. The number of unbranched alkanes of at least 4 members (excludes halogenated alkanes) is 3. The number of hydrogen-bond donors (Lipinski definition) is 8. The highest BCUT2D eigenvalue weighted by atomic mass is 16.5. The lowest BCUT2D eigenvalue weighted by Crippen LogP contribution is -2.54. The van der Waals surface area contributed by atoms with Gasteiger partial charge in [-0.05, 0) is 105 Å². The molecule has 3 heterocycles. The molecule has 1 aromatic heterocycles. The molecule has 402 valence electrons. The van der Waals surface area contributed by atoms with Crippen molar-refractivity contribution in [2.45, 2.75) is 117 Å². The number of nitrogens with two attached hydrogens (primary N) is 2. The molecule has 10 N–H and O–H groups in total. The van der Waals surface area contributed by atoms with Crippen molar-refractivity contribution in [1.29, 1.82) is 0 Å². The van der Waals surface area contributed by atoms with Crippen LogP contribution in [0.25, 0.3) is 6.08 Å². The Balaban J connectivity index is 1.08. The fourth-order valence-electron chi connectivity index (χ4n) is 8.27. The van der Waals surface area contributed by atoms with Gasteiger partial charge in [0, 0.05) is 86.4 Å². The van der Waals surface area contributed by atoms with E-state index in [0.717, 1.165) is 17.7 Å². The average molecular weight is 1030 g/mol. The first-order valence-corrected chi connectivity index (χ1v) is 25.7. The predicted octanol–water partition coefficient (Wildman–Crippen LogP) is 4.91. The summed E-state index contributed by atoms with van der Waals surface area (Å²) in [6.45, 7) is 10.1. The van der Waals surface area contributed by atoms with Crippen LogP contribution in [0.4, 0.5) is 21.9 Å². The summed E-state index contributed by atoms with van der Waals surface area (Å²) in [7, 11) is 0. The minimum atomic E-state index is -0.925. The summed E-state index contributed by atoms with van der Waals surface area (Å²) in [5.74, 6) is -2.49. The number of imide groups is 1. The fraction of sp³-hybridized carbons (Fsp3) is 0.444. The minimum Gasteiger partial charge on any atom is -0.445 e. The second-order valence-corrected chi connectivity index (χ2v) is 18.7. The average Bonchev–Trinajstić information content (AvgIpc) is 3.60. The number of hydrogen-bond acceptors (Lipinski definition) is 14. The van der Waals surface area contributed by atoms with Crippen molar-refractivity contribution in [1.82, 2.24) is 36.1 Å². The second kappa shape index (κ2) is 29.8. The first-order chi connectivity index (χ1) is 36.1. The molecule has 21 heteroatoms. The first-order valence-electron chi connectivity index (χ1n) is 25.7. The Kier molecular flexibility index (Phi) is 23.1. The summed E-state index contributed by atoms with van der Waals surface area (Å²) in [5, 5.41) is 17.1. The third-order valence-electron chi connectivity index (χ3n) is 12.2. The van der Waals surface area contributed by atoms with Crippen LogP contribution in [0.2, 0.25) is 0 Å². The van der Waals surface area contributed by atoms with Gasteiger partial charge in [-0.15, -0.1) is 0 Å². The maximum atomic E-state index is 13.7. The summed E-state index contributed by atoms with van der Waals surface area (Å²) in [4.78, 5) is 115. The highest BCUT2D eigenvalue weighted by molar-refractivity contribution is 6.13. The van der Waals surface area contributed by atoms with E-state index in [0.29, 0.717) is 110 Å². The van der Waals surface area contributed by atoms with Crippen molar-refractivity contribution in [3.63, 3.8) is 0 Å². The maximum absolute atomic E-state index is 13.7. The lowest BCUT2D eigenvalue weighted by atomic mass is 10.0. The summed E-state index contributed by atoms with van der Waals surface area (Å²) in [6, 6.07) is 11.5. The molecule has 0 aliphatic carbocycles. The molecule has 75 heavy (non-hydrogen) atoms. The number of rotatable bonds is 29. The molecule has 2 atom stereocenters. The summed E-state index contributed by atoms with van der Waals surface area (Å²) in [6.07, 6.45) is 11.9. The van der Waals surface area contributed by atoms with Crippen molar-refractivity contribution in [2.24, 2.45) is 22.4 Å². The first kappa shape index (κ1) is 58.1. The zero-order chi connectivity index (χ0) is 54.3. The number of alkyl carbamates (subject to hydrolysis) is 1. The molecular formula is C54H72N12O9. The Labute approximate surface area is 438 Å². The van der Waals surface area contributed by atoms with Gasteiger partial charge in [-0.3, -0.25) is 43.4 Å². The maximum Gasteiger partial charge on any atom is 0.407 e. The molecule has 8 amide bonds. The number of aromatic nitrogens is 1. The number of pyridine rings is 1. The van der Waals surface area contributed by atoms with Crippen LogP contribution < -0.4 is 43.4 Å². The highest BCUT2D eigenvalue weighted by Crippen LogP contribution is 2.29. The monoisotopic (exact) mass is 1030 g/mol. The molecule has 21 nitrogen and oxygen atoms in total. The van der Waals surface area contributed by atoms with E-state index in [1.54, 1.807) is 74.7 Å². The molecule has 2 aliphatic rings. The molecule has 0 bridgehead atoms. The molecule has 0 saturated heterocycles. The van der Waals surface area contributed by atoms with Gasteiger partial charge in [-0.1, -0.05) is 52.3 Å². The van der Waals surface area contributed by atoms with Crippen LogP contribution in [0.15, 0.2) is 83.6 Å². The number of anilines is 2. The van der Waals surface area contributed by atoms with Crippen LogP contribution in [0.1, 0.15) is 119 Å². The number of ether oxygens (including phenoxy) is 1. The van der Waals surface area contributed by atoms with Crippen LogP contribution in [0.3, 0.4) is 0 Å². The Morgan fingerprint density at radius 3 is 2.24 bits per heavy atom. The van der Waals surface area contributed by atoms with E-state index in [2.05, 4.69) is 41.9 Å². The lowest BCUT2D eigenvalue weighted by Gasteiger charge is -2.25. The van der Waals surface area contributed by atoms with Gasteiger partial charge >= 0.3 is 6.09 Å². The molecule has 3 aromatic rings. The molecular weight excluding hydrogens is 961 g/mol. The Morgan fingerprint density at radius 2 is 1.55 bits per heavy atom. The Hall–Kier alpha value is -7.78. The van der Waals surface area contributed by atoms with Crippen LogP contribution >= 0.6 is 0 Å². The van der Waals surface area contributed by atoms with Gasteiger partial charge < -0.3 is 53.0 Å². The number of amidine groups is 1. The van der Waals surface area contributed by atoms with E-state index in [1.165, 1.54) is 18.3 Å². The van der Waals surface area contributed by atoms with Gasteiger partial charge in [0.15, 0.2) is 0 Å². The number of nitrogens with one attached hydrogen (secondary N) is 6. The van der Waals surface area contributed by atoms with Crippen molar-refractivity contribution in [3.8, 4) is 0 Å².